The fourth-order valence-electron chi connectivity index (χ4n) is 2.80. The van der Waals surface area contributed by atoms with Gasteiger partial charge in [-0.05, 0) is 32.4 Å². The normalized spacial score (nSPS) is 27.8. The van der Waals surface area contributed by atoms with Crippen LogP contribution in [0.1, 0.15) is 27.2 Å². The fraction of sp³-hybridized carbons (Fsp3) is 0.929. The van der Waals surface area contributed by atoms with Crippen molar-refractivity contribution in [2.75, 3.05) is 40.4 Å². The van der Waals surface area contributed by atoms with Gasteiger partial charge in [-0.25, -0.2) is 0 Å². The Kier molecular flexibility index (Phi) is 6.23. The van der Waals surface area contributed by atoms with Gasteiger partial charge in [-0.1, -0.05) is 13.8 Å². The van der Waals surface area contributed by atoms with Crippen molar-refractivity contribution < 1.29 is 14.3 Å². The SMILES string of the molecule is CCNC(C)(CN1CCC(C)C(OC)C1)C(=O)OC. The number of carbonyl (C=O) groups is 1. The summed E-state index contributed by atoms with van der Waals surface area (Å²) in [5, 5.41) is 3.24. The van der Waals surface area contributed by atoms with Crippen LogP contribution in [0.2, 0.25) is 0 Å². The van der Waals surface area contributed by atoms with Gasteiger partial charge < -0.3 is 14.8 Å². The van der Waals surface area contributed by atoms with Crippen LogP contribution in [-0.4, -0.2) is 62.9 Å². The number of likely N-dealkylation sites (tertiary alicyclic amines) is 1. The summed E-state index contributed by atoms with van der Waals surface area (Å²) in [5.74, 6) is 0.367. The van der Waals surface area contributed by atoms with Gasteiger partial charge in [0.25, 0.3) is 0 Å². The molecule has 3 unspecified atom stereocenters. The van der Waals surface area contributed by atoms with Gasteiger partial charge in [-0.3, -0.25) is 9.69 Å². The van der Waals surface area contributed by atoms with Gasteiger partial charge in [-0.2, -0.15) is 0 Å². The van der Waals surface area contributed by atoms with E-state index in [1.807, 2.05) is 13.8 Å². The monoisotopic (exact) mass is 272 g/mol. The molecule has 1 aliphatic rings. The quantitative estimate of drug-likeness (QED) is 0.728. The molecule has 5 nitrogen and oxygen atoms in total. The Bertz CT molecular complexity index is 298. The fourth-order valence-corrected chi connectivity index (χ4v) is 2.80. The molecule has 1 heterocycles. The summed E-state index contributed by atoms with van der Waals surface area (Å²) >= 11 is 0. The molecule has 0 aromatic rings. The Hall–Kier alpha value is -0.650. The molecule has 0 aliphatic carbocycles. The van der Waals surface area contributed by atoms with Crippen LogP contribution < -0.4 is 5.32 Å². The van der Waals surface area contributed by atoms with Gasteiger partial charge in [0.15, 0.2) is 0 Å². The first-order chi connectivity index (χ1) is 8.96. The number of piperidine rings is 1. The van der Waals surface area contributed by atoms with Crippen LogP contribution in [0.3, 0.4) is 0 Å². The molecular weight excluding hydrogens is 244 g/mol. The molecular formula is C14H28N2O3. The van der Waals surface area contributed by atoms with Crippen molar-refractivity contribution in [1.29, 1.82) is 0 Å². The van der Waals surface area contributed by atoms with Crippen molar-refractivity contribution in [1.82, 2.24) is 10.2 Å². The second-order valence-corrected chi connectivity index (χ2v) is 5.63. The largest absolute Gasteiger partial charge is 0.468 e. The minimum atomic E-state index is -0.650. The number of rotatable bonds is 6. The van der Waals surface area contributed by atoms with E-state index in [9.17, 15) is 4.79 Å². The summed E-state index contributed by atoms with van der Waals surface area (Å²) in [7, 11) is 3.20. The summed E-state index contributed by atoms with van der Waals surface area (Å²) < 4.78 is 10.4. The molecule has 0 aromatic heterocycles. The van der Waals surface area contributed by atoms with Crippen LogP contribution in [0.5, 0.6) is 0 Å². The number of ether oxygens (including phenoxy) is 2. The second-order valence-electron chi connectivity index (χ2n) is 5.63. The highest BCUT2D eigenvalue weighted by atomic mass is 16.5. The number of hydrogen-bond acceptors (Lipinski definition) is 5. The molecule has 1 rings (SSSR count). The predicted molar refractivity (Wildman–Crippen MR) is 75.1 cm³/mol. The molecule has 0 bridgehead atoms. The summed E-state index contributed by atoms with van der Waals surface area (Å²) in [4.78, 5) is 14.3. The van der Waals surface area contributed by atoms with E-state index in [0.717, 1.165) is 26.1 Å². The third-order valence-corrected chi connectivity index (χ3v) is 4.02. The Morgan fingerprint density at radius 3 is 2.68 bits per heavy atom. The smallest absolute Gasteiger partial charge is 0.327 e. The summed E-state index contributed by atoms with van der Waals surface area (Å²) in [6.07, 6.45) is 1.35. The van der Waals surface area contributed by atoms with Crippen molar-refractivity contribution in [3.63, 3.8) is 0 Å². The Morgan fingerprint density at radius 1 is 1.47 bits per heavy atom. The minimum Gasteiger partial charge on any atom is -0.468 e. The number of carbonyl (C=O) groups excluding carboxylic acids is 1. The molecule has 0 radical (unpaired) electrons. The first kappa shape index (κ1) is 16.4. The van der Waals surface area contributed by atoms with Crippen molar-refractivity contribution in [2.24, 2.45) is 5.92 Å². The van der Waals surface area contributed by atoms with Crippen LogP contribution in [-0.2, 0) is 14.3 Å². The lowest BCUT2D eigenvalue weighted by Crippen LogP contribution is -2.59. The number of esters is 1. The highest BCUT2D eigenvalue weighted by Crippen LogP contribution is 2.21. The van der Waals surface area contributed by atoms with Crippen LogP contribution in [0, 0.1) is 5.92 Å². The van der Waals surface area contributed by atoms with Crippen LogP contribution in [0.25, 0.3) is 0 Å². The van der Waals surface area contributed by atoms with Crippen LogP contribution >= 0.6 is 0 Å². The molecule has 3 atom stereocenters. The zero-order valence-electron chi connectivity index (χ0n) is 12.9. The highest BCUT2D eigenvalue weighted by Gasteiger charge is 2.37. The zero-order chi connectivity index (χ0) is 14.5. The Labute approximate surface area is 116 Å². The van der Waals surface area contributed by atoms with E-state index in [1.165, 1.54) is 7.11 Å². The minimum absolute atomic E-state index is 0.207. The van der Waals surface area contributed by atoms with Crippen molar-refractivity contribution >= 4 is 5.97 Å². The van der Waals surface area contributed by atoms with E-state index in [4.69, 9.17) is 9.47 Å². The molecule has 1 aliphatic heterocycles. The average Bonchev–Trinajstić information content (AvgIpc) is 2.40. The van der Waals surface area contributed by atoms with E-state index >= 15 is 0 Å². The molecule has 0 aromatic carbocycles. The van der Waals surface area contributed by atoms with Crippen molar-refractivity contribution in [2.45, 2.75) is 38.8 Å². The summed E-state index contributed by atoms with van der Waals surface area (Å²) in [6.45, 7) is 9.38. The number of hydrogen-bond donors (Lipinski definition) is 1. The topological polar surface area (TPSA) is 50.8 Å². The lowest BCUT2D eigenvalue weighted by molar-refractivity contribution is -0.149. The molecule has 0 amide bonds. The number of nitrogens with one attached hydrogen (secondary N) is 1. The molecule has 1 fully saturated rings. The lowest BCUT2D eigenvalue weighted by Gasteiger charge is -2.40. The molecule has 0 saturated carbocycles. The van der Waals surface area contributed by atoms with Gasteiger partial charge in [-0.15, -0.1) is 0 Å². The van der Waals surface area contributed by atoms with Crippen LogP contribution in [0.4, 0.5) is 0 Å². The maximum absolute atomic E-state index is 12.0. The molecule has 1 saturated heterocycles. The molecule has 0 spiro atoms. The van der Waals surface area contributed by atoms with E-state index in [0.29, 0.717) is 12.5 Å². The highest BCUT2D eigenvalue weighted by molar-refractivity contribution is 5.80. The van der Waals surface area contributed by atoms with Gasteiger partial charge in [0.2, 0.25) is 0 Å². The van der Waals surface area contributed by atoms with E-state index in [-0.39, 0.29) is 12.1 Å². The predicted octanol–water partition coefficient (Wildman–Crippen LogP) is 0.884. The van der Waals surface area contributed by atoms with E-state index in [2.05, 4.69) is 17.1 Å². The molecule has 5 heteroatoms. The van der Waals surface area contributed by atoms with Gasteiger partial charge >= 0.3 is 5.97 Å². The standard InChI is InChI=1S/C14H28N2O3/c1-6-15-14(3,13(17)19-5)10-16-8-7-11(2)12(9-16)18-4/h11-12,15H,6-10H2,1-5H3. The second kappa shape index (κ2) is 7.22. The molecule has 112 valence electrons. The van der Waals surface area contributed by atoms with E-state index in [1.54, 1.807) is 7.11 Å². The number of methoxy groups -OCH3 is 2. The van der Waals surface area contributed by atoms with Gasteiger partial charge in [0, 0.05) is 20.2 Å². The van der Waals surface area contributed by atoms with Gasteiger partial charge in [0.05, 0.1) is 13.2 Å². The Balaban J connectivity index is 2.67. The lowest BCUT2D eigenvalue weighted by atomic mass is 9.93. The number of likely N-dealkylation sites (N-methyl/N-ethyl adjacent to an activating group) is 1. The van der Waals surface area contributed by atoms with Crippen molar-refractivity contribution in [3.05, 3.63) is 0 Å². The number of nitrogens with zero attached hydrogens (tertiary/aromatic N) is 1. The van der Waals surface area contributed by atoms with Crippen LogP contribution in [0.15, 0.2) is 0 Å². The average molecular weight is 272 g/mol. The third kappa shape index (κ3) is 4.16. The van der Waals surface area contributed by atoms with Gasteiger partial charge in [0.1, 0.15) is 5.54 Å². The molecule has 1 N–H and O–H groups in total. The summed E-state index contributed by atoms with van der Waals surface area (Å²) in [6, 6.07) is 0. The first-order valence-corrected chi connectivity index (χ1v) is 7.05. The van der Waals surface area contributed by atoms with Crippen molar-refractivity contribution in [3.8, 4) is 0 Å². The molecule has 19 heavy (non-hydrogen) atoms. The van der Waals surface area contributed by atoms with E-state index < -0.39 is 5.54 Å². The maximum Gasteiger partial charge on any atom is 0.327 e. The maximum atomic E-state index is 12.0. The summed E-state index contributed by atoms with van der Waals surface area (Å²) in [5.41, 5.74) is -0.650. The Morgan fingerprint density at radius 2 is 2.16 bits per heavy atom. The third-order valence-electron chi connectivity index (χ3n) is 4.02. The zero-order valence-corrected chi connectivity index (χ0v) is 12.9. The first-order valence-electron chi connectivity index (χ1n) is 7.05.